The second-order valence-corrected chi connectivity index (χ2v) is 6.60. The van der Waals surface area contributed by atoms with E-state index in [1.54, 1.807) is 0 Å². The highest BCUT2D eigenvalue weighted by Gasteiger charge is 2.21. The van der Waals surface area contributed by atoms with Gasteiger partial charge in [-0.05, 0) is 36.4 Å². The van der Waals surface area contributed by atoms with E-state index in [0.717, 1.165) is 29.9 Å². The molecule has 1 N–H and O–H groups in total. The molecule has 0 radical (unpaired) electrons. The summed E-state index contributed by atoms with van der Waals surface area (Å²) in [5, 5.41) is 3.64. The first-order valence-electron chi connectivity index (χ1n) is 8.49. The van der Waals surface area contributed by atoms with E-state index in [-0.39, 0.29) is 5.28 Å². The molecule has 0 atom stereocenters. The van der Waals surface area contributed by atoms with Gasteiger partial charge in [0.1, 0.15) is 0 Å². The predicted molar refractivity (Wildman–Crippen MR) is 96.5 cm³/mol. The molecule has 3 aromatic rings. The van der Waals surface area contributed by atoms with Gasteiger partial charge in [0.25, 0.3) is 0 Å². The Morgan fingerprint density at radius 3 is 2.71 bits per heavy atom. The summed E-state index contributed by atoms with van der Waals surface area (Å²) < 4.78 is 2.16. The lowest BCUT2D eigenvalue weighted by atomic mass is 10.1. The Hall–Kier alpha value is -2.14. The maximum atomic E-state index is 6.15. The summed E-state index contributed by atoms with van der Waals surface area (Å²) >= 11 is 6.15. The summed E-state index contributed by atoms with van der Waals surface area (Å²) in [6.07, 6.45) is 7.71. The molecule has 0 spiro atoms. The number of hydrogen-bond acceptors (Lipinski definition) is 4. The molecule has 0 bridgehead atoms. The third kappa shape index (κ3) is 3.08. The van der Waals surface area contributed by atoms with Crippen LogP contribution in [-0.2, 0) is 6.42 Å². The first kappa shape index (κ1) is 15.4. The van der Waals surface area contributed by atoms with Gasteiger partial charge in [-0.2, -0.15) is 9.97 Å². The quantitative estimate of drug-likeness (QED) is 0.705. The largest absolute Gasteiger partial charge is 0.368 e. The molecular formula is C18H20ClN5. The summed E-state index contributed by atoms with van der Waals surface area (Å²) in [6, 6.07) is 10.9. The molecule has 1 aliphatic carbocycles. The SMILES string of the molecule is Clc1nc(NCCc2ccccc2)c2ncn(C3CCCC3)c2n1. The molecular weight excluding hydrogens is 322 g/mol. The van der Waals surface area contributed by atoms with Gasteiger partial charge in [-0.3, -0.25) is 0 Å². The topological polar surface area (TPSA) is 55.6 Å². The Morgan fingerprint density at radius 1 is 1.12 bits per heavy atom. The number of halogens is 1. The molecule has 0 aliphatic heterocycles. The monoisotopic (exact) mass is 341 g/mol. The minimum Gasteiger partial charge on any atom is -0.368 e. The zero-order valence-corrected chi connectivity index (χ0v) is 14.2. The molecule has 0 saturated heterocycles. The molecule has 6 heteroatoms. The summed E-state index contributed by atoms with van der Waals surface area (Å²) in [5.74, 6) is 0.720. The lowest BCUT2D eigenvalue weighted by Crippen LogP contribution is -2.09. The fraction of sp³-hybridized carbons (Fsp3) is 0.389. The average molecular weight is 342 g/mol. The van der Waals surface area contributed by atoms with Crippen molar-refractivity contribution in [3.63, 3.8) is 0 Å². The van der Waals surface area contributed by atoms with Crippen LogP contribution < -0.4 is 5.32 Å². The van der Waals surface area contributed by atoms with Crippen LogP contribution in [-0.4, -0.2) is 26.1 Å². The number of rotatable bonds is 5. The van der Waals surface area contributed by atoms with Gasteiger partial charge < -0.3 is 9.88 Å². The number of imidazole rings is 1. The molecule has 1 aromatic carbocycles. The molecule has 0 amide bonds. The van der Waals surface area contributed by atoms with Crippen molar-refractivity contribution < 1.29 is 0 Å². The smallest absolute Gasteiger partial charge is 0.226 e. The van der Waals surface area contributed by atoms with E-state index < -0.39 is 0 Å². The van der Waals surface area contributed by atoms with E-state index in [1.807, 2.05) is 12.4 Å². The molecule has 4 rings (SSSR count). The van der Waals surface area contributed by atoms with Gasteiger partial charge in [0, 0.05) is 12.6 Å². The van der Waals surface area contributed by atoms with E-state index >= 15 is 0 Å². The predicted octanol–water partition coefficient (Wildman–Crippen LogP) is 4.25. The molecule has 1 fully saturated rings. The molecule has 1 aliphatic rings. The fourth-order valence-electron chi connectivity index (χ4n) is 3.43. The van der Waals surface area contributed by atoms with Crippen molar-refractivity contribution in [1.29, 1.82) is 0 Å². The van der Waals surface area contributed by atoms with E-state index in [4.69, 9.17) is 11.6 Å². The summed E-state index contributed by atoms with van der Waals surface area (Å²) in [4.78, 5) is 13.3. The van der Waals surface area contributed by atoms with Crippen molar-refractivity contribution in [2.75, 3.05) is 11.9 Å². The van der Waals surface area contributed by atoms with Gasteiger partial charge in [0.2, 0.25) is 5.28 Å². The van der Waals surface area contributed by atoms with Crippen LogP contribution >= 0.6 is 11.6 Å². The number of nitrogens with zero attached hydrogens (tertiary/aromatic N) is 4. The number of aromatic nitrogens is 4. The van der Waals surface area contributed by atoms with E-state index in [2.05, 4.69) is 49.1 Å². The molecule has 5 nitrogen and oxygen atoms in total. The molecule has 0 unspecified atom stereocenters. The van der Waals surface area contributed by atoms with Crippen LogP contribution in [0, 0.1) is 0 Å². The molecule has 24 heavy (non-hydrogen) atoms. The van der Waals surface area contributed by atoms with Gasteiger partial charge in [-0.1, -0.05) is 43.2 Å². The third-order valence-corrected chi connectivity index (χ3v) is 4.83. The normalized spacial score (nSPS) is 15.2. The van der Waals surface area contributed by atoms with Crippen LogP contribution in [0.5, 0.6) is 0 Å². The number of anilines is 1. The number of fused-ring (bicyclic) bond motifs is 1. The van der Waals surface area contributed by atoms with Crippen molar-refractivity contribution in [1.82, 2.24) is 19.5 Å². The van der Waals surface area contributed by atoms with Crippen LogP contribution in [0.3, 0.4) is 0 Å². The maximum absolute atomic E-state index is 6.15. The van der Waals surface area contributed by atoms with Gasteiger partial charge in [0.05, 0.1) is 6.33 Å². The van der Waals surface area contributed by atoms with E-state index in [9.17, 15) is 0 Å². The first-order chi connectivity index (χ1) is 11.8. The van der Waals surface area contributed by atoms with Crippen LogP contribution in [0.25, 0.3) is 11.2 Å². The second kappa shape index (κ2) is 6.77. The van der Waals surface area contributed by atoms with Crippen molar-refractivity contribution in [3.05, 3.63) is 47.5 Å². The molecule has 2 heterocycles. The van der Waals surface area contributed by atoms with E-state index in [0.29, 0.717) is 6.04 Å². The number of hydrogen-bond donors (Lipinski definition) is 1. The average Bonchev–Trinajstić information content (AvgIpc) is 3.24. The van der Waals surface area contributed by atoms with E-state index in [1.165, 1.54) is 31.2 Å². The summed E-state index contributed by atoms with van der Waals surface area (Å²) in [7, 11) is 0. The second-order valence-electron chi connectivity index (χ2n) is 6.27. The van der Waals surface area contributed by atoms with Crippen LogP contribution in [0.2, 0.25) is 5.28 Å². The van der Waals surface area contributed by atoms with Gasteiger partial charge in [0.15, 0.2) is 17.0 Å². The highest BCUT2D eigenvalue weighted by Crippen LogP contribution is 2.32. The Bertz CT molecular complexity index is 824. The standard InChI is InChI=1S/C18H20ClN5/c19-18-22-16(20-11-10-13-6-2-1-3-7-13)15-17(23-18)24(12-21-15)14-8-4-5-9-14/h1-3,6-7,12,14H,4-5,8-11H2,(H,20,22,23). The Balaban J connectivity index is 1.56. The third-order valence-electron chi connectivity index (χ3n) is 4.66. The van der Waals surface area contributed by atoms with Gasteiger partial charge in [-0.15, -0.1) is 0 Å². The minimum atomic E-state index is 0.268. The van der Waals surface area contributed by atoms with Crippen LogP contribution in [0.15, 0.2) is 36.7 Å². The van der Waals surface area contributed by atoms with Gasteiger partial charge in [-0.25, -0.2) is 4.98 Å². The first-order valence-corrected chi connectivity index (χ1v) is 8.87. The Labute approximate surface area is 146 Å². The Kier molecular flexibility index (Phi) is 4.34. The molecule has 1 saturated carbocycles. The lowest BCUT2D eigenvalue weighted by Gasteiger charge is -2.12. The van der Waals surface area contributed by atoms with Crippen LogP contribution in [0.4, 0.5) is 5.82 Å². The highest BCUT2D eigenvalue weighted by atomic mass is 35.5. The van der Waals surface area contributed by atoms with Gasteiger partial charge >= 0.3 is 0 Å². The van der Waals surface area contributed by atoms with Crippen molar-refractivity contribution in [2.24, 2.45) is 0 Å². The summed E-state index contributed by atoms with van der Waals surface area (Å²) in [6.45, 7) is 0.781. The summed E-state index contributed by atoms with van der Waals surface area (Å²) in [5.41, 5.74) is 2.93. The zero-order chi connectivity index (χ0) is 16.4. The Morgan fingerprint density at radius 2 is 1.92 bits per heavy atom. The molecule has 124 valence electrons. The molecule has 2 aromatic heterocycles. The van der Waals surface area contributed by atoms with Crippen molar-refractivity contribution in [3.8, 4) is 0 Å². The van der Waals surface area contributed by atoms with Crippen LogP contribution in [0.1, 0.15) is 37.3 Å². The number of benzene rings is 1. The lowest BCUT2D eigenvalue weighted by molar-refractivity contribution is 0.529. The highest BCUT2D eigenvalue weighted by molar-refractivity contribution is 6.28. The number of nitrogens with one attached hydrogen (secondary N) is 1. The zero-order valence-electron chi connectivity index (χ0n) is 13.5. The minimum absolute atomic E-state index is 0.268. The fourth-order valence-corrected chi connectivity index (χ4v) is 3.60. The maximum Gasteiger partial charge on any atom is 0.226 e. The van der Waals surface area contributed by atoms with Crippen molar-refractivity contribution in [2.45, 2.75) is 38.1 Å². The van der Waals surface area contributed by atoms with Crippen molar-refractivity contribution >= 4 is 28.6 Å².